The van der Waals surface area contributed by atoms with Crippen LogP contribution >= 0.6 is 11.3 Å². The molecule has 29 heavy (non-hydrogen) atoms. The molecule has 2 heterocycles. The van der Waals surface area contributed by atoms with E-state index in [4.69, 9.17) is 9.47 Å². The maximum atomic E-state index is 12.9. The molecule has 0 bridgehead atoms. The van der Waals surface area contributed by atoms with Crippen LogP contribution in [0.2, 0.25) is 0 Å². The second-order valence-corrected chi connectivity index (χ2v) is 7.69. The van der Waals surface area contributed by atoms with E-state index in [1.54, 1.807) is 41.7 Å². The Hall–Kier alpha value is -3.06. The van der Waals surface area contributed by atoms with Gasteiger partial charge in [0.15, 0.2) is 6.61 Å². The normalized spacial score (nSPS) is 11.7. The van der Waals surface area contributed by atoms with Crippen LogP contribution in [-0.2, 0) is 22.5 Å². The fourth-order valence-electron chi connectivity index (χ4n) is 2.99. The lowest BCUT2D eigenvalue weighted by Gasteiger charge is -2.29. The number of benzene rings is 1. The summed E-state index contributed by atoms with van der Waals surface area (Å²) in [4.78, 5) is 30.7. The van der Waals surface area contributed by atoms with Gasteiger partial charge in [0.1, 0.15) is 11.4 Å². The molecule has 0 saturated carbocycles. The Kier molecular flexibility index (Phi) is 7.08. The predicted octanol–water partition coefficient (Wildman–Crippen LogP) is 3.90. The fraction of sp³-hybridized carbons (Fsp3) is 0.273. The number of ether oxygens (including phenoxy) is 2. The minimum absolute atomic E-state index is 0.0487. The Morgan fingerprint density at radius 2 is 1.93 bits per heavy atom. The van der Waals surface area contributed by atoms with Gasteiger partial charge in [0.2, 0.25) is 0 Å². The fourth-order valence-corrected chi connectivity index (χ4v) is 3.82. The highest BCUT2D eigenvalue weighted by Crippen LogP contribution is 2.18. The lowest BCUT2D eigenvalue weighted by Crippen LogP contribution is -2.41. The summed E-state index contributed by atoms with van der Waals surface area (Å²) in [6.07, 6.45) is 2.38. The first-order valence-electron chi connectivity index (χ1n) is 9.32. The van der Waals surface area contributed by atoms with Crippen LogP contribution in [0.15, 0.2) is 60.1 Å². The van der Waals surface area contributed by atoms with Gasteiger partial charge in [-0.25, -0.2) is 4.79 Å². The first-order valence-corrected chi connectivity index (χ1v) is 10.2. The monoisotopic (exact) mass is 412 g/mol. The Bertz CT molecular complexity index is 905. The van der Waals surface area contributed by atoms with Gasteiger partial charge < -0.3 is 19.4 Å². The van der Waals surface area contributed by atoms with Crippen molar-refractivity contribution in [3.8, 4) is 5.75 Å². The van der Waals surface area contributed by atoms with Gasteiger partial charge in [-0.15, -0.1) is 11.3 Å². The van der Waals surface area contributed by atoms with E-state index in [0.717, 1.165) is 17.7 Å². The first-order chi connectivity index (χ1) is 14.1. The van der Waals surface area contributed by atoms with Gasteiger partial charge in [-0.1, -0.05) is 18.2 Å². The molecular formula is C22H24N2O4S. The van der Waals surface area contributed by atoms with Gasteiger partial charge in [-0.05, 0) is 48.2 Å². The van der Waals surface area contributed by atoms with Gasteiger partial charge in [-0.3, -0.25) is 4.79 Å². The van der Waals surface area contributed by atoms with E-state index in [2.05, 4.69) is 11.1 Å². The highest BCUT2D eigenvalue weighted by atomic mass is 32.1. The van der Waals surface area contributed by atoms with Crippen LogP contribution in [0.4, 0.5) is 0 Å². The van der Waals surface area contributed by atoms with Crippen molar-refractivity contribution in [2.45, 2.75) is 25.9 Å². The number of aromatic nitrogens is 1. The smallest absolute Gasteiger partial charge is 0.355 e. The number of nitrogens with zero attached hydrogens (tertiary/aromatic N) is 1. The summed E-state index contributed by atoms with van der Waals surface area (Å²) >= 11 is 1.66. The van der Waals surface area contributed by atoms with Crippen molar-refractivity contribution in [1.82, 2.24) is 9.88 Å². The molecule has 1 N–H and O–H groups in total. The molecule has 0 unspecified atom stereocenters. The second-order valence-electron chi connectivity index (χ2n) is 6.66. The van der Waals surface area contributed by atoms with E-state index in [1.165, 1.54) is 4.88 Å². The second kappa shape index (κ2) is 9.93. The van der Waals surface area contributed by atoms with Crippen LogP contribution in [0.1, 0.15) is 27.9 Å². The molecule has 0 saturated heterocycles. The highest BCUT2D eigenvalue weighted by molar-refractivity contribution is 7.09. The van der Waals surface area contributed by atoms with Crippen molar-refractivity contribution in [2.75, 3.05) is 13.7 Å². The predicted molar refractivity (Wildman–Crippen MR) is 112 cm³/mol. The van der Waals surface area contributed by atoms with Crippen LogP contribution in [-0.4, -0.2) is 41.5 Å². The summed E-state index contributed by atoms with van der Waals surface area (Å²) < 4.78 is 10.4. The zero-order valence-corrected chi connectivity index (χ0v) is 17.3. The van der Waals surface area contributed by atoms with E-state index in [0.29, 0.717) is 12.2 Å². The summed E-state index contributed by atoms with van der Waals surface area (Å²) in [6, 6.07) is 14.9. The SMILES string of the molecule is COc1ccc(CN(C(=O)COC(=O)c2ccc[nH]2)[C@H](C)Cc2cccs2)cc1. The molecule has 3 aromatic rings. The van der Waals surface area contributed by atoms with Crippen molar-refractivity contribution in [2.24, 2.45) is 0 Å². The number of hydrogen-bond donors (Lipinski definition) is 1. The summed E-state index contributed by atoms with van der Waals surface area (Å²) in [7, 11) is 1.62. The molecule has 3 rings (SSSR count). The number of nitrogens with one attached hydrogen (secondary N) is 1. The molecule has 1 atom stereocenters. The van der Waals surface area contributed by atoms with Crippen molar-refractivity contribution in [1.29, 1.82) is 0 Å². The van der Waals surface area contributed by atoms with Crippen LogP contribution < -0.4 is 4.74 Å². The number of amides is 1. The van der Waals surface area contributed by atoms with E-state index < -0.39 is 5.97 Å². The molecule has 6 nitrogen and oxygen atoms in total. The maximum Gasteiger partial charge on any atom is 0.355 e. The summed E-state index contributed by atoms with van der Waals surface area (Å²) in [5.74, 6) is -0.0124. The topological polar surface area (TPSA) is 71.6 Å². The molecule has 0 aliphatic rings. The zero-order valence-electron chi connectivity index (χ0n) is 16.5. The average Bonchev–Trinajstić information content (AvgIpc) is 3.44. The quantitative estimate of drug-likeness (QED) is 0.541. The van der Waals surface area contributed by atoms with Gasteiger partial charge >= 0.3 is 5.97 Å². The molecule has 0 radical (unpaired) electrons. The van der Waals surface area contributed by atoms with E-state index >= 15 is 0 Å². The third kappa shape index (κ3) is 5.71. The van der Waals surface area contributed by atoms with E-state index in [9.17, 15) is 9.59 Å². The Balaban J connectivity index is 1.69. The lowest BCUT2D eigenvalue weighted by atomic mass is 10.1. The van der Waals surface area contributed by atoms with Crippen LogP contribution in [0.25, 0.3) is 0 Å². The van der Waals surface area contributed by atoms with Crippen LogP contribution in [0.5, 0.6) is 5.75 Å². The average molecular weight is 413 g/mol. The number of hydrogen-bond acceptors (Lipinski definition) is 5. The number of rotatable bonds is 9. The standard InChI is InChI=1S/C22H24N2O4S/c1-16(13-19-5-4-12-29-19)24(14-17-7-9-18(27-2)10-8-17)21(25)15-28-22(26)20-6-3-11-23-20/h3-12,16,23H,13-15H2,1-2H3/t16-/m1/s1. The zero-order chi connectivity index (χ0) is 20.6. The molecule has 0 aliphatic carbocycles. The molecular weight excluding hydrogens is 388 g/mol. The molecule has 2 aromatic heterocycles. The van der Waals surface area contributed by atoms with Crippen LogP contribution in [0, 0.1) is 0 Å². The van der Waals surface area contributed by atoms with Crippen molar-refractivity contribution in [3.63, 3.8) is 0 Å². The lowest BCUT2D eigenvalue weighted by molar-refractivity contribution is -0.137. The largest absolute Gasteiger partial charge is 0.497 e. The minimum atomic E-state index is -0.543. The number of carbonyl (C=O) groups excluding carboxylic acids is 2. The van der Waals surface area contributed by atoms with Crippen molar-refractivity contribution < 1.29 is 19.1 Å². The maximum absolute atomic E-state index is 12.9. The molecule has 1 aromatic carbocycles. The van der Waals surface area contributed by atoms with E-state index in [1.807, 2.05) is 42.6 Å². The van der Waals surface area contributed by atoms with E-state index in [-0.39, 0.29) is 18.6 Å². The summed E-state index contributed by atoms with van der Waals surface area (Å²) in [5, 5.41) is 2.02. The van der Waals surface area contributed by atoms with Gasteiger partial charge in [0.25, 0.3) is 5.91 Å². The molecule has 0 aliphatic heterocycles. The molecule has 1 amide bonds. The Morgan fingerprint density at radius 1 is 1.14 bits per heavy atom. The molecule has 152 valence electrons. The number of thiophene rings is 1. The molecule has 0 spiro atoms. The number of methoxy groups -OCH3 is 1. The van der Waals surface area contributed by atoms with Gasteiger partial charge in [0, 0.05) is 30.1 Å². The van der Waals surface area contributed by atoms with Crippen molar-refractivity contribution >= 4 is 23.2 Å². The minimum Gasteiger partial charge on any atom is -0.497 e. The highest BCUT2D eigenvalue weighted by Gasteiger charge is 2.23. The number of carbonyl (C=O) groups is 2. The van der Waals surface area contributed by atoms with Gasteiger partial charge in [-0.2, -0.15) is 0 Å². The number of esters is 1. The Labute approximate surface area is 174 Å². The molecule has 7 heteroatoms. The number of H-pyrrole nitrogens is 1. The third-order valence-electron chi connectivity index (χ3n) is 4.59. The Morgan fingerprint density at radius 3 is 2.55 bits per heavy atom. The summed E-state index contributed by atoms with van der Waals surface area (Å²) in [6.45, 7) is 2.13. The third-order valence-corrected chi connectivity index (χ3v) is 5.48. The van der Waals surface area contributed by atoms with Crippen LogP contribution in [0.3, 0.4) is 0 Å². The van der Waals surface area contributed by atoms with Gasteiger partial charge in [0.05, 0.1) is 7.11 Å². The summed E-state index contributed by atoms with van der Waals surface area (Å²) in [5.41, 5.74) is 1.30. The van der Waals surface area contributed by atoms with Crippen molar-refractivity contribution in [3.05, 3.63) is 76.2 Å². The molecule has 0 fully saturated rings. The number of aromatic amines is 1. The first kappa shape index (κ1) is 20.7.